The predicted molar refractivity (Wildman–Crippen MR) is 153 cm³/mol. The maximum Gasteiger partial charge on any atom is 0.269 e. The summed E-state index contributed by atoms with van der Waals surface area (Å²) in [6, 6.07) is 13.6. The van der Waals surface area contributed by atoms with Gasteiger partial charge in [0.25, 0.3) is 5.69 Å². The van der Waals surface area contributed by atoms with Crippen LogP contribution in [0.15, 0.2) is 59.1 Å². The van der Waals surface area contributed by atoms with E-state index in [4.69, 9.17) is 0 Å². The largest absolute Gasteiger partial charge is 0.392 e. The van der Waals surface area contributed by atoms with Crippen molar-refractivity contribution in [2.75, 3.05) is 13.1 Å². The first-order valence-electron chi connectivity index (χ1n) is 13.4. The van der Waals surface area contributed by atoms with Crippen molar-refractivity contribution in [2.45, 2.75) is 49.6 Å². The number of hydrogen-bond donors (Lipinski definition) is 2. The van der Waals surface area contributed by atoms with Gasteiger partial charge in [-0.15, -0.1) is 0 Å². The van der Waals surface area contributed by atoms with Crippen LogP contribution in [-0.2, 0) is 22.4 Å². The van der Waals surface area contributed by atoms with Crippen LogP contribution in [0.25, 0.3) is 0 Å². The van der Waals surface area contributed by atoms with Crippen LogP contribution in [0.2, 0.25) is 0 Å². The third-order valence-corrected chi connectivity index (χ3v) is 10.6. The molecule has 1 amide bonds. The third-order valence-electron chi connectivity index (χ3n) is 8.73. The lowest BCUT2D eigenvalue weighted by molar-refractivity contribution is -0.384. The predicted octanol–water partition coefficient (Wildman–Crippen LogP) is 3.61. The van der Waals surface area contributed by atoms with Crippen molar-refractivity contribution in [1.29, 1.82) is 0 Å². The van der Waals surface area contributed by atoms with E-state index in [1.54, 1.807) is 12.1 Å². The Labute approximate surface area is 241 Å². The van der Waals surface area contributed by atoms with Gasteiger partial charge in [0.1, 0.15) is 10.6 Å². The molecule has 1 aliphatic carbocycles. The number of amides is 1. The van der Waals surface area contributed by atoms with Crippen molar-refractivity contribution in [3.63, 3.8) is 0 Å². The van der Waals surface area contributed by atoms with Gasteiger partial charge >= 0.3 is 0 Å². The first-order chi connectivity index (χ1) is 19.2. The zero-order valence-corrected chi connectivity index (χ0v) is 23.6. The number of aliphatic hydroxyl groups is 1. The second kappa shape index (κ2) is 10.1. The molecule has 3 aliphatic heterocycles. The zero-order valence-electron chi connectivity index (χ0n) is 21.9. The van der Waals surface area contributed by atoms with E-state index in [0.29, 0.717) is 32.4 Å². The van der Waals surface area contributed by atoms with Crippen LogP contribution in [0, 0.1) is 22.0 Å². The number of Topliss-reactive ketones (excluding diaryl/α,β-unsaturated/α-hetero) is 1. The van der Waals surface area contributed by atoms with Gasteiger partial charge in [-0.1, -0.05) is 67.7 Å². The summed E-state index contributed by atoms with van der Waals surface area (Å²) in [4.78, 5) is 53.8. The maximum absolute atomic E-state index is 13.5. The van der Waals surface area contributed by atoms with Crippen molar-refractivity contribution in [3.8, 4) is 0 Å². The minimum atomic E-state index is -0.932. The fourth-order valence-electron chi connectivity index (χ4n) is 6.78. The molecule has 2 aromatic carbocycles. The molecule has 2 aromatic rings. The summed E-state index contributed by atoms with van der Waals surface area (Å²) in [6.07, 6.45) is 1.16. The van der Waals surface area contributed by atoms with Gasteiger partial charge < -0.3 is 5.11 Å². The summed E-state index contributed by atoms with van der Waals surface area (Å²) in [5.74, 6) is -0.998. The van der Waals surface area contributed by atoms with Gasteiger partial charge in [-0.2, -0.15) is 0 Å². The molecule has 9 nitrogen and oxygen atoms in total. The Balaban J connectivity index is 1.30. The van der Waals surface area contributed by atoms with Gasteiger partial charge in [-0.3, -0.25) is 34.3 Å². The lowest BCUT2D eigenvalue weighted by Crippen LogP contribution is -2.71. The van der Waals surface area contributed by atoms with E-state index in [0.717, 1.165) is 28.0 Å². The monoisotopic (exact) mass is 579 g/mol. The summed E-state index contributed by atoms with van der Waals surface area (Å²) in [7, 11) is 0. The number of carbonyl (C=O) groups is 3. The molecular formula is C29H29N3O6S2. The number of hydrogen-bond acceptors (Lipinski definition) is 8. The van der Waals surface area contributed by atoms with E-state index in [1.165, 1.54) is 28.8 Å². The molecule has 5 atom stereocenters. The highest BCUT2D eigenvalue weighted by atomic mass is 32.2. The van der Waals surface area contributed by atoms with Gasteiger partial charge in [0.05, 0.1) is 23.0 Å². The molecule has 11 heteroatoms. The second-order valence-corrected chi connectivity index (χ2v) is 12.7. The van der Waals surface area contributed by atoms with Gasteiger partial charge in [-0.25, -0.2) is 0 Å². The smallest absolute Gasteiger partial charge is 0.269 e. The average molecular weight is 580 g/mol. The Hall–Kier alpha value is -2.99. The molecule has 0 radical (unpaired) electrons. The summed E-state index contributed by atoms with van der Waals surface area (Å²) in [6.45, 7) is 3.08. The second-order valence-electron chi connectivity index (χ2n) is 10.9. The average Bonchev–Trinajstić information content (AvgIpc) is 3.62. The van der Waals surface area contributed by atoms with Gasteiger partial charge in [0, 0.05) is 41.5 Å². The molecule has 40 heavy (non-hydrogen) atoms. The Kier molecular flexibility index (Phi) is 6.89. The first-order valence-corrected chi connectivity index (χ1v) is 14.7. The quantitative estimate of drug-likeness (QED) is 0.211. The maximum atomic E-state index is 13.5. The highest BCUT2D eigenvalue weighted by molar-refractivity contribution is 8.05. The summed E-state index contributed by atoms with van der Waals surface area (Å²) in [5, 5.41) is 21.6. The number of β-lactam (4-membered cyclic amide) rings is 1. The number of thioether (sulfide) groups is 1. The Morgan fingerprint density at radius 3 is 2.60 bits per heavy atom. The number of non-ortho nitro benzene ring substituents is 1. The summed E-state index contributed by atoms with van der Waals surface area (Å²) >= 11 is 5.62. The molecule has 208 valence electrons. The minimum absolute atomic E-state index is 0.0355. The SMILES string of the molecule is CC[C@H](O)[C@@H]1C(=O)N2C(C(=O)S)=C([C@H]3CCN(C4Cc5ccccc5C4=O)C3)S[C@]12Cc1ccc([N+](=O)[O-])cc1. The van der Waals surface area contributed by atoms with Crippen molar-refractivity contribution < 1.29 is 24.4 Å². The van der Waals surface area contributed by atoms with Crippen molar-refractivity contribution >= 4 is 46.9 Å². The molecule has 2 saturated heterocycles. The van der Waals surface area contributed by atoms with Gasteiger partial charge in [-0.05, 0) is 36.9 Å². The molecule has 0 aromatic heterocycles. The highest BCUT2D eigenvalue weighted by Crippen LogP contribution is 2.63. The number of benzene rings is 2. The van der Waals surface area contributed by atoms with Crippen molar-refractivity contribution in [1.82, 2.24) is 9.80 Å². The van der Waals surface area contributed by atoms with Gasteiger partial charge in [0.2, 0.25) is 11.0 Å². The topological polar surface area (TPSA) is 121 Å². The number of aliphatic hydroxyl groups excluding tert-OH is 1. The standard InChI is InChI=1S/C29H29N3O6S2/c1-2-22(33)23-27(35)31-24(28(36)39)26(40-29(23,31)14-16-7-9-19(10-8-16)32(37)38)18-11-12-30(15-18)21-13-17-5-3-4-6-20(17)25(21)34/h3-10,18,21-23,33H,2,11-15H2,1H3,(H,36,39)/t18-,21?,22-,23+,29+/m0/s1. The van der Waals surface area contributed by atoms with E-state index in [9.17, 15) is 29.6 Å². The van der Waals surface area contributed by atoms with Crippen molar-refractivity contribution in [3.05, 3.63) is 85.9 Å². The number of fused-ring (bicyclic) bond motifs is 2. The lowest BCUT2D eigenvalue weighted by atomic mass is 9.77. The lowest BCUT2D eigenvalue weighted by Gasteiger charge is -2.55. The number of likely N-dealkylation sites (tertiary alicyclic amines) is 1. The molecule has 2 fully saturated rings. The molecule has 1 N–H and O–H groups in total. The number of ketones is 1. The molecule has 0 spiro atoms. The zero-order chi connectivity index (χ0) is 28.3. The van der Waals surface area contributed by atoms with E-state index >= 15 is 0 Å². The highest BCUT2D eigenvalue weighted by Gasteiger charge is 2.68. The van der Waals surface area contributed by atoms with Crippen LogP contribution in [0.3, 0.4) is 0 Å². The third kappa shape index (κ3) is 4.13. The Morgan fingerprint density at radius 1 is 1.23 bits per heavy atom. The van der Waals surface area contributed by atoms with E-state index in [2.05, 4.69) is 17.5 Å². The molecule has 4 aliphatic rings. The van der Waals surface area contributed by atoms with Crippen LogP contribution < -0.4 is 0 Å². The number of nitro benzene ring substituents is 1. The van der Waals surface area contributed by atoms with Crippen LogP contribution >= 0.6 is 24.4 Å². The number of nitrogens with zero attached hydrogens (tertiary/aromatic N) is 3. The van der Waals surface area contributed by atoms with Gasteiger partial charge in [0.15, 0.2) is 5.78 Å². The molecule has 0 saturated carbocycles. The number of rotatable bonds is 8. The molecule has 6 rings (SSSR count). The number of thiol groups is 1. The van der Waals surface area contributed by atoms with Crippen LogP contribution in [0.1, 0.15) is 41.3 Å². The number of nitro groups is 1. The van der Waals surface area contributed by atoms with Crippen LogP contribution in [0.5, 0.6) is 0 Å². The minimum Gasteiger partial charge on any atom is -0.392 e. The van der Waals surface area contributed by atoms with E-state index in [1.807, 2.05) is 31.2 Å². The van der Waals surface area contributed by atoms with E-state index in [-0.39, 0.29) is 35.0 Å². The summed E-state index contributed by atoms with van der Waals surface area (Å²) < 4.78 is 0. The number of carbonyl (C=O) groups excluding carboxylic acids is 3. The summed E-state index contributed by atoms with van der Waals surface area (Å²) in [5.41, 5.74) is 2.80. The van der Waals surface area contributed by atoms with Crippen LogP contribution in [0.4, 0.5) is 5.69 Å². The van der Waals surface area contributed by atoms with Crippen molar-refractivity contribution in [2.24, 2.45) is 11.8 Å². The Bertz CT molecular complexity index is 1460. The molecular weight excluding hydrogens is 550 g/mol. The molecule has 1 unspecified atom stereocenters. The van der Waals surface area contributed by atoms with E-state index < -0.39 is 26.9 Å². The van der Waals surface area contributed by atoms with Crippen LogP contribution in [-0.4, -0.2) is 66.7 Å². The Morgan fingerprint density at radius 2 is 1.95 bits per heavy atom. The molecule has 3 heterocycles. The normalized spacial score (nSPS) is 28.5. The fourth-order valence-corrected chi connectivity index (χ4v) is 8.99. The molecule has 0 bridgehead atoms. The first kappa shape index (κ1) is 27.2. The fraction of sp³-hybridized carbons (Fsp3) is 0.414.